The first-order valence-corrected chi connectivity index (χ1v) is 6.45. The maximum atomic E-state index is 11.5. The lowest BCUT2D eigenvalue weighted by atomic mass is 9.94. The van der Waals surface area contributed by atoms with Gasteiger partial charge in [0, 0.05) is 18.8 Å². The Bertz CT molecular complexity index is 460. The van der Waals surface area contributed by atoms with E-state index in [1.165, 1.54) is 7.11 Å². The molecule has 1 aliphatic rings. The minimum absolute atomic E-state index is 0.115. The van der Waals surface area contributed by atoms with Gasteiger partial charge >= 0.3 is 5.97 Å². The summed E-state index contributed by atoms with van der Waals surface area (Å²) in [5, 5.41) is 3.36. The summed E-state index contributed by atoms with van der Waals surface area (Å²) >= 11 is 0. The number of aromatic nitrogens is 1. The maximum Gasteiger partial charge on any atom is 0.338 e. The molecule has 0 saturated carbocycles. The molecule has 0 bridgehead atoms. The zero-order valence-corrected chi connectivity index (χ0v) is 11.6. The zero-order valence-electron chi connectivity index (χ0n) is 11.6. The summed E-state index contributed by atoms with van der Waals surface area (Å²) < 4.78 is 10.4. The first kappa shape index (κ1) is 13.8. The number of nitrogens with zero attached hydrogens (tertiary/aromatic N) is 1. The van der Waals surface area contributed by atoms with Crippen LogP contribution in [0.1, 0.15) is 37.0 Å². The van der Waals surface area contributed by atoms with Crippen molar-refractivity contribution in [2.75, 3.05) is 19.0 Å². The highest BCUT2D eigenvalue weighted by Gasteiger charge is 2.28. The molecule has 1 aromatic rings. The second-order valence-electron chi connectivity index (χ2n) is 5.36. The van der Waals surface area contributed by atoms with Gasteiger partial charge in [0.1, 0.15) is 5.82 Å². The summed E-state index contributed by atoms with van der Waals surface area (Å²) in [5.41, 5.74) is 0.391. The van der Waals surface area contributed by atoms with Crippen molar-refractivity contribution in [2.45, 2.75) is 38.3 Å². The monoisotopic (exact) mass is 264 g/mol. The minimum atomic E-state index is -0.349. The van der Waals surface area contributed by atoms with Crippen molar-refractivity contribution >= 4 is 11.8 Å². The van der Waals surface area contributed by atoms with Crippen LogP contribution in [0.2, 0.25) is 0 Å². The van der Waals surface area contributed by atoms with Crippen molar-refractivity contribution in [1.82, 2.24) is 4.98 Å². The molecule has 0 radical (unpaired) electrons. The van der Waals surface area contributed by atoms with Gasteiger partial charge in [-0.25, -0.2) is 9.78 Å². The van der Waals surface area contributed by atoms with Crippen molar-refractivity contribution in [2.24, 2.45) is 0 Å². The highest BCUT2D eigenvalue weighted by Crippen LogP contribution is 2.26. The molecule has 1 saturated heterocycles. The van der Waals surface area contributed by atoms with Crippen LogP contribution < -0.4 is 5.32 Å². The number of hydrogen-bond acceptors (Lipinski definition) is 5. The Balaban J connectivity index is 2.05. The van der Waals surface area contributed by atoms with Gasteiger partial charge in [-0.05, 0) is 38.8 Å². The Morgan fingerprint density at radius 3 is 3.05 bits per heavy atom. The molecule has 0 aliphatic carbocycles. The lowest BCUT2D eigenvalue weighted by Crippen LogP contribution is -2.40. The van der Waals surface area contributed by atoms with Gasteiger partial charge in [-0.1, -0.05) is 0 Å². The van der Waals surface area contributed by atoms with Crippen molar-refractivity contribution in [3.8, 4) is 0 Å². The molecule has 5 nitrogen and oxygen atoms in total. The Kier molecular flexibility index (Phi) is 4.04. The van der Waals surface area contributed by atoms with Crippen LogP contribution in [-0.4, -0.2) is 36.3 Å². The fourth-order valence-electron chi connectivity index (χ4n) is 2.32. The van der Waals surface area contributed by atoms with Crippen molar-refractivity contribution < 1.29 is 14.3 Å². The van der Waals surface area contributed by atoms with E-state index >= 15 is 0 Å². The fourth-order valence-corrected chi connectivity index (χ4v) is 2.32. The Hall–Kier alpha value is -1.62. The number of pyridine rings is 1. The van der Waals surface area contributed by atoms with Gasteiger partial charge in [0.25, 0.3) is 0 Å². The molecule has 2 heterocycles. The Morgan fingerprint density at radius 2 is 2.37 bits per heavy atom. The van der Waals surface area contributed by atoms with E-state index in [2.05, 4.69) is 24.1 Å². The molecule has 2 rings (SSSR count). The van der Waals surface area contributed by atoms with Crippen LogP contribution in [-0.2, 0) is 9.47 Å². The van der Waals surface area contributed by atoms with E-state index in [1.807, 2.05) is 0 Å². The normalized spacial score (nSPS) is 21.7. The molecule has 1 N–H and O–H groups in total. The summed E-state index contributed by atoms with van der Waals surface area (Å²) in [6, 6.07) is 3.67. The third-order valence-corrected chi connectivity index (χ3v) is 3.23. The molecule has 0 amide bonds. The summed E-state index contributed by atoms with van der Waals surface area (Å²) in [5.74, 6) is 0.350. The predicted molar refractivity (Wildman–Crippen MR) is 72.3 cm³/mol. The maximum absolute atomic E-state index is 11.5. The SMILES string of the molecule is COC(=O)c1ccnc(NC2CCOC(C)(C)C2)c1. The van der Waals surface area contributed by atoms with Crippen LogP contribution >= 0.6 is 0 Å². The van der Waals surface area contributed by atoms with E-state index in [1.54, 1.807) is 18.3 Å². The smallest absolute Gasteiger partial charge is 0.338 e. The van der Waals surface area contributed by atoms with Crippen LogP contribution in [0.5, 0.6) is 0 Å². The average Bonchev–Trinajstić information content (AvgIpc) is 2.37. The lowest BCUT2D eigenvalue weighted by Gasteiger charge is -2.36. The van der Waals surface area contributed by atoms with Crippen LogP contribution in [0.3, 0.4) is 0 Å². The third kappa shape index (κ3) is 3.67. The molecule has 1 unspecified atom stereocenters. The Morgan fingerprint density at radius 1 is 1.58 bits per heavy atom. The number of ether oxygens (including phenoxy) is 2. The van der Waals surface area contributed by atoms with Crippen LogP contribution in [0.4, 0.5) is 5.82 Å². The van der Waals surface area contributed by atoms with E-state index in [9.17, 15) is 4.79 Å². The van der Waals surface area contributed by atoms with Crippen molar-refractivity contribution in [3.63, 3.8) is 0 Å². The first-order valence-electron chi connectivity index (χ1n) is 6.45. The molecule has 0 aromatic carbocycles. The standard InChI is InChI=1S/C14H20N2O3/c1-14(2)9-11(5-7-19-14)16-12-8-10(4-6-15-12)13(17)18-3/h4,6,8,11H,5,7,9H2,1-3H3,(H,15,16). The van der Waals surface area contributed by atoms with Gasteiger partial charge in [0.2, 0.25) is 0 Å². The molecular weight excluding hydrogens is 244 g/mol. The second kappa shape index (κ2) is 5.57. The quantitative estimate of drug-likeness (QED) is 0.848. The molecule has 19 heavy (non-hydrogen) atoms. The van der Waals surface area contributed by atoms with Crippen molar-refractivity contribution in [3.05, 3.63) is 23.9 Å². The number of methoxy groups -OCH3 is 1. The van der Waals surface area contributed by atoms with Gasteiger partial charge in [-0.15, -0.1) is 0 Å². The van der Waals surface area contributed by atoms with Crippen LogP contribution in [0.25, 0.3) is 0 Å². The number of anilines is 1. The molecule has 0 spiro atoms. The van der Waals surface area contributed by atoms with Gasteiger partial charge in [0.15, 0.2) is 0 Å². The lowest BCUT2D eigenvalue weighted by molar-refractivity contribution is -0.0553. The van der Waals surface area contributed by atoms with Gasteiger partial charge in [-0.2, -0.15) is 0 Å². The second-order valence-corrected chi connectivity index (χ2v) is 5.36. The van der Waals surface area contributed by atoms with Gasteiger partial charge < -0.3 is 14.8 Å². The third-order valence-electron chi connectivity index (χ3n) is 3.23. The van der Waals surface area contributed by atoms with E-state index < -0.39 is 0 Å². The summed E-state index contributed by atoms with van der Waals surface area (Å²) in [6.07, 6.45) is 3.46. The molecule has 104 valence electrons. The summed E-state index contributed by atoms with van der Waals surface area (Å²) in [4.78, 5) is 15.7. The largest absolute Gasteiger partial charge is 0.465 e. The van der Waals surface area contributed by atoms with Crippen molar-refractivity contribution in [1.29, 1.82) is 0 Å². The first-order chi connectivity index (χ1) is 9.00. The Labute approximate surface area is 113 Å². The molecule has 1 aliphatic heterocycles. The molecule has 1 atom stereocenters. The predicted octanol–water partition coefficient (Wildman–Crippen LogP) is 2.24. The highest BCUT2D eigenvalue weighted by atomic mass is 16.5. The summed E-state index contributed by atoms with van der Waals surface area (Å²) in [6.45, 7) is 4.90. The molecule has 1 aromatic heterocycles. The number of carbonyl (C=O) groups excluding carboxylic acids is 1. The average molecular weight is 264 g/mol. The van der Waals surface area contributed by atoms with E-state index in [0.717, 1.165) is 19.4 Å². The highest BCUT2D eigenvalue weighted by molar-refractivity contribution is 5.89. The topological polar surface area (TPSA) is 60.5 Å². The van der Waals surface area contributed by atoms with Gasteiger partial charge in [-0.3, -0.25) is 0 Å². The number of nitrogens with one attached hydrogen (secondary N) is 1. The van der Waals surface area contributed by atoms with Crippen LogP contribution in [0, 0.1) is 0 Å². The minimum Gasteiger partial charge on any atom is -0.465 e. The number of rotatable bonds is 3. The number of hydrogen-bond donors (Lipinski definition) is 1. The number of carbonyl (C=O) groups is 1. The van der Waals surface area contributed by atoms with E-state index in [-0.39, 0.29) is 11.6 Å². The number of esters is 1. The van der Waals surface area contributed by atoms with E-state index in [4.69, 9.17) is 9.47 Å². The fraction of sp³-hybridized carbons (Fsp3) is 0.571. The molecular formula is C14H20N2O3. The molecule has 1 fully saturated rings. The summed E-state index contributed by atoms with van der Waals surface area (Å²) in [7, 11) is 1.37. The zero-order chi connectivity index (χ0) is 13.9. The molecule has 5 heteroatoms. The van der Waals surface area contributed by atoms with E-state index in [0.29, 0.717) is 17.4 Å². The van der Waals surface area contributed by atoms with Gasteiger partial charge in [0.05, 0.1) is 18.3 Å². The van der Waals surface area contributed by atoms with Crippen LogP contribution in [0.15, 0.2) is 18.3 Å².